The molecule has 2 aromatic heterocycles. The van der Waals surface area contributed by atoms with Gasteiger partial charge in [0, 0.05) is 48.5 Å². The van der Waals surface area contributed by atoms with Crippen molar-refractivity contribution in [3.8, 4) is 0 Å². The van der Waals surface area contributed by atoms with Crippen LogP contribution in [-0.4, -0.2) is 63.8 Å². The summed E-state index contributed by atoms with van der Waals surface area (Å²) in [4.78, 5) is 13.0. The number of anilines is 2. The van der Waals surface area contributed by atoms with E-state index in [9.17, 15) is 17.6 Å². The topological polar surface area (TPSA) is 66.0 Å². The molecule has 1 aliphatic heterocycles. The molecule has 0 unspecified atom stereocenters. The van der Waals surface area contributed by atoms with E-state index in [0.717, 1.165) is 0 Å². The van der Waals surface area contributed by atoms with Crippen LogP contribution in [0.5, 0.6) is 0 Å². The number of hydrogen-bond acceptors (Lipinski definition) is 7. The van der Waals surface area contributed by atoms with E-state index in [4.69, 9.17) is 0 Å². The number of fused-ring (bicyclic) bond motifs is 1. The summed E-state index contributed by atoms with van der Waals surface area (Å²) >= 11 is 4.61. The molecular weight excluding hydrogens is 492 g/mol. The molecule has 3 aromatic rings. The minimum absolute atomic E-state index is 0.200. The third-order valence-corrected chi connectivity index (χ3v) is 6.61. The van der Waals surface area contributed by atoms with Crippen LogP contribution >= 0.6 is 12.6 Å². The van der Waals surface area contributed by atoms with Crippen molar-refractivity contribution in [3.05, 3.63) is 66.9 Å². The molecule has 190 valence electrons. The lowest BCUT2D eigenvalue weighted by molar-refractivity contribution is -0.0688. The fourth-order valence-corrected chi connectivity index (χ4v) is 4.30. The van der Waals surface area contributed by atoms with E-state index in [1.54, 1.807) is 55.0 Å². The van der Waals surface area contributed by atoms with E-state index in [0.29, 0.717) is 42.1 Å². The van der Waals surface area contributed by atoms with Gasteiger partial charge in [-0.3, -0.25) is 4.98 Å². The molecule has 1 aliphatic rings. The van der Waals surface area contributed by atoms with Gasteiger partial charge in [-0.2, -0.15) is 13.2 Å². The Hall–Kier alpha value is -3.18. The van der Waals surface area contributed by atoms with Crippen LogP contribution in [0.1, 0.15) is 17.8 Å². The van der Waals surface area contributed by atoms with Crippen LogP contribution in [0.25, 0.3) is 22.4 Å². The standard InChI is InChI=1S/C25H26F4N6S/c1-16(25(27,28)29)23-18-6-3-7-20(34-24(36)8-12-35(2)15-21(24)26)19(18)13-17(33-23)5-4-9-31-22-14-30-10-11-32-22/h3-7,10-11,13-14,21,34,36H,1,8-9,12,15H2,2H3,(H,31,32)/b5-4+/t21-,24+/m0/s1. The zero-order valence-electron chi connectivity index (χ0n) is 19.6. The van der Waals surface area contributed by atoms with Crippen molar-refractivity contribution in [2.45, 2.75) is 23.6 Å². The molecule has 36 heavy (non-hydrogen) atoms. The zero-order chi connectivity index (χ0) is 25.9. The molecule has 0 bridgehead atoms. The highest BCUT2D eigenvalue weighted by Gasteiger charge is 2.40. The minimum Gasteiger partial charge on any atom is -0.368 e. The molecule has 6 nitrogen and oxygen atoms in total. The molecule has 3 heterocycles. The Bertz CT molecular complexity index is 1270. The second-order valence-corrected chi connectivity index (χ2v) is 9.47. The third-order valence-electron chi connectivity index (χ3n) is 5.99. The number of thiol groups is 1. The number of alkyl halides is 4. The monoisotopic (exact) mass is 518 g/mol. The van der Waals surface area contributed by atoms with Crippen molar-refractivity contribution in [1.82, 2.24) is 19.9 Å². The predicted octanol–water partition coefficient (Wildman–Crippen LogP) is 5.44. The first-order chi connectivity index (χ1) is 17.1. The van der Waals surface area contributed by atoms with Crippen molar-refractivity contribution in [2.24, 2.45) is 0 Å². The Morgan fingerprint density at radius 1 is 1.31 bits per heavy atom. The van der Waals surface area contributed by atoms with Gasteiger partial charge in [-0.15, -0.1) is 12.6 Å². The highest BCUT2D eigenvalue weighted by atomic mass is 32.1. The van der Waals surface area contributed by atoms with Crippen LogP contribution in [-0.2, 0) is 0 Å². The molecule has 1 saturated heterocycles. The maximum Gasteiger partial charge on any atom is 0.417 e. The van der Waals surface area contributed by atoms with Gasteiger partial charge in [0.1, 0.15) is 16.9 Å². The zero-order valence-corrected chi connectivity index (χ0v) is 20.5. The number of likely N-dealkylation sites (tertiary alicyclic amines) is 1. The number of halogens is 4. The second-order valence-electron chi connectivity index (χ2n) is 8.68. The largest absolute Gasteiger partial charge is 0.417 e. The molecule has 1 fully saturated rings. The smallest absolute Gasteiger partial charge is 0.368 e. The number of allylic oxidation sites excluding steroid dienone is 1. The molecular formula is C25H26F4N6S. The van der Waals surface area contributed by atoms with Gasteiger partial charge in [0.2, 0.25) is 0 Å². The van der Waals surface area contributed by atoms with Crippen LogP contribution in [0.15, 0.2) is 55.5 Å². The quantitative estimate of drug-likeness (QED) is 0.220. The van der Waals surface area contributed by atoms with E-state index < -0.39 is 22.8 Å². The maximum atomic E-state index is 15.0. The van der Waals surface area contributed by atoms with Crippen molar-refractivity contribution in [1.29, 1.82) is 0 Å². The highest BCUT2D eigenvalue weighted by molar-refractivity contribution is 7.82. The molecule has 0 spiro atoms. The first-order valence-electron chi connectivity index (χ1n) is 11.3. The van der Waals surface area contributed by atoms with Gasteiger partial charge in [0.05, 0.1) is 23.2 Å². The molecule has 0 radical (unpaired) electrons. The number of pyridine rings is 1. The highest BCUT2D eigenvalue weighted by Crippen LogP contribution is 2.39. The molecule has 11 heteroatoms. The number of nitrogens with one attached hydrogen (secondary N) is 2. The van der Waals surface area contributed by atoms with Crippen molar-refractivity contribution >= 4 is 46.6 Å². The SMILES string of the molecule is C=C(c1nc(/C=C/CNc2cnccn2)cc2c(N[C@@]3(S)CCN(C)C[C@@H]3F)cccc12)C(F)(F)F. The summed E-state index contributed by atoms with van der Waals surface area (Å²) in [6, 6.07) is 6.53. The fraction of sp³-hybridized carbons (Fsp3) is 0.320. The second kappa shape index (κ2) is 10.4. The summed E-state index contributed by atoms with van der Waals surface area (Å²) < 4.78 is 55.9. The van der Waals surface area contributed by atoms with Gasteiger partial charge in [-0.1, -0.05) is 24.8 Å². The Kier molecular flexibility index (Phi) is 7.51. The Morgan fingerprint density at radius 3 is 2.81 bits per heavy atom. The van der Waals surface area contributed by atoms with Crippen molar-refractivity contribution in [3.63, 3.8) is 0 Å². The normalized spacial score (nSPS) is 21.1. The van der Waals surface area contributed by atoms with E-state index in [1.165, 1.54) is 0 Å². The first-order valence-corrected chi connectivity index (χ1v) is 11.7. The average Bonchev–Trinajstić information content (AvgIpc) is 2.84. The summed E-state index contributed by atoms with van der Waals surface area (Å²) in [5.41, 5.74) is -0.563. The number of piperidine rings is 1. The lowest BCUT2D eigenvalue weighted by Gasteiger charge is -2.41. The summed E-state index contributed by atoms with van der Waals surface area (Å²) in [5.74, 6) is 0.559. The summed E-state index contributed by atoms with van der Waals surface area (Å²) in [6.07, 6.45) is 2.44. The van der Waals surface area contributed by atoms with Crippen LogP contribution in [0.3, 0.4) is 0 Å². The Labute approximate surface area is 212 Å². The van der Waals surface area contributed by atoms with Crippen molar-refractivity contribution in [2.75, 3.05) is 37.3 Å². The minimum atomic E-state index is -4.66. The van der Waals surface area contributed by atoms with E-state index in [-0.39, 0.29) is 17.6 Å². The number of benzene rings is 1. The molecule has 0 saturated carbocycles. The number of hydrogen-bond donors (Lipinski definition) is 3. The summed E-state index contributed by atoms with van der Waals surface area (Å²) in [7, 11) is 1.83. The molecule has 0 aliphatic carbocycles. The van der Waals surface area contributed by atoms with Crippen LogP contribution in [0, 0.1) is 0 Å². The lowest BCUT2D eigenvalue weighted by atomic mass is 9.99. The number of aromatic nitrogens is 3. The van der Waals surface area contributed by atoms with E-state index in [1.807, 2.05) is 11.9 Å². The molecule has 1 aromatic carbocycles. The first kappa shape index (κ1) is 25.9. The van der Waals surface area contributed by atoms with Crippen LogP contribution < -0.4 is 10.6 Å². The van der Waals surface area contributed by atoms with E-state index in [2.05, 4.69) is 44.8 Å². The number of rotatable bonds is 7. The lowest BCUT2D eigenvalue weighted by Crippen LogP contribution is -2.53. The third kappa shape index (κ3) is 5.79. The fourth-order valence-electron chi connectivity index (χ4n) is 4.00. The summed E-state index contributed by atoms with van der Waals surface area (Å²) in [6.45, 7) is 4.45. The number of nitrogens with zero attached hydrogens (tertiary/aromatic N) is 4. The maximum absolute atomic E-state index is 15.0. The van der Waals surface area contributed by atoms with Gasteiger partial charge >= 0.3 is 6.18 Å². The van der Waals surface area contributed by atoms with Gasteiger partial charge in [-0.25, -0.2) is 14.4 Å². The molecule has 0 amide bonds. The van der Waals surface area contributed by atoms with Gasteiger partial charge < -0.3 is 15.5 Å². The summed E-state index contributed by atoms with van der Waals surface area (Å²) in [5, 5.41) is 6.93. The van der Waals surface area contributed by atoms with Gasteiger partial charge in [-0.05, 0) is 31.7 Å². The van der Waals surface area contributed by atoms with Gasteiger partial charge in [0.15, 0.2) is 0 Å². The van der Waals surface area contributed by atoms with E-state index >= 15 is 0 Å². The molecule has 2 N–H and O–H groups in total. The molecule has 4 rings (SSSR count). The predicted molar refractivity (Wildman–Crippen MR) is 139 cm³/mol. The van der Waals surface area contributed by atoms with Crippen LogP contribution in [0.2, 0.25) is 0 Å². The van der Waals surface area contributed by atoms with Crippen molar-refractivity contribution < 1.29 is 17.6 Å². The Balaban J connectivity index is 1.71. The molecule has 2 atom stereocenters. The Morgan fingerprint density at radius 2 is 2.11 bits per heavy atom. The van der Waals surface area contributed by atoms with Crippen LogP contribution in [0.4, 0.5) is 29.1 Å². The van der Waals surface area contributed by atoms with Gasteiger partial charge in [0.25, 0.3) is 0 Å². The average molecular weight is 519 g/mol.